The maximum Gasteiger partial charge on any atom is 0.159 e. The zero-order valence-electron chi connectivity index (χ0n) is 12.4. The van der Waals surface area contributed by atoms with Crippen LogP contribution in [0.1, 0.15) is 12.8 Å². The summed E-state index contributed by atoms with van der Waals surface area (Å²) in [7, 11) is 0. The lowest BCUT2D eigenvalue weighted by atomic mass is 10.0. The number of nitrogen functional groups attached to an aromatic ring is 1. The molecule has 22 heavy (non-hydrogen) atoms. The SMILES string of the molecule is N#CC1CN(c2nnc(N3CCCC3)c3ccc(N)cc23)C1. The molecule has 0 radical (unpaired) electrons. The molecule has 0 bridgehead atoms. The molecule has 2 aliphatic heterocycles. The lowest BCUT2D eigenvalue weighted by molar-refractivity contribution is 0.499. The van der Waals surface area contributed by atoms with E-state index >= 15 is 0 Å². The molecule has 0 spiro atoms. The molecule has 2 aromatic rings. The smallest absolute Gasteiger partial charge is 0.159 e. The van der Waals surface area contributed by atoms with Crippen LogP contribution in [0.2, 0.25) is 0 Å². The van der Waals surface area contributed by atoms with Crippen LogP contribution in [0, 0.1) is 17.2 Å². The van der Waals surface area contributed by atoms with Crippen molar-refractivity contribution in [2.45, 2.75) is 12.8 Å². The molecule has 6 heteroatoms. The average molecular weight is 294 g/mol. The predicted octanol–water partition coefficient (Wildman–Crippen LogP) is 1.77. The number of rotatable bonds is 2. The maximum atomic E-state index is 8.96. The number of hydrogen-bond acceptors (Lipinski definition) is 6. The van der Waals surface area contributed by atoms with Gasteiger partial charge in [-0.15, -0.1) is 10.2 Å². The van der Waals surface area contributed by atoms with E-state index < -0.39 is 0 Å². The number of benzene rings is 1. The van der Waals surface area contributed by atoms with Gasteiger partial charge in [0.15, 0.2) is 11.6 Å². The molecule has 2 saturated heterocycles. The van der Waals surface area contributed by atoms with Crippen LogP contribution in [0.25, 0.3) is 10.8 Å². The molecule has 0 aliphatic carbocycles. The van der Waals surface area contributed by atoms with Gasteiger partial charge in [0.05, 0.1) is 12.0 Å². The maximum absolute atomic E-state index is 8.96. The van der Waals surface area contributed by atoms with Crippen molar-refractivity contribution < 1.29 is 0 Å². The van der Waals surface area contributed by atoms with Crippen molar-refractivity contribution in [2.24, 2.45) is 5.92 Å². The first-order valence-electron chi connectivity index (χ1n) is 7.71. The third-order valence-corrected chi connectivity index (χ3v) is 4.53. The largest absolute Gasteiger partial charge is 0.399 e. The van der Waals surface area contributed by atoms with Crippen LogP contribution in [-0.2, 0) is 0 Å². The Bertz CT molecular complexity index is 753. The summed E-state index contributed by atoms with van der Waals surface area (Å²) >= 11 is 0. The quantitative estimate of drug-likeness (QED) is 0.850. The Morgan fingerprint density at radius 1 is 1.05 bits per heavy atom. The molecule has 112 valence electrons. The molecule has 2 N–H and O–H groups in total. The number of aromatic nitrogens is 2. The van der Waals surface area contributed by atoms with E-state index in [1.54, 1.807) is 0 Å². The Labute approximate surface area is 129 Å². The summed E-state index contributed by atoms with van der Waals surface area (Å²) in [6.07, 6.45) is 2.41. The minimum atomic E-state index is 0.0937. The minimum absolute atomic E-state index is 0.0937. The normalized spacial score (nSPS) is 18.5. The fourth-order valence-electron chi connectivity index (χ4n) is 3.27. The number of hydrogen-bond donors (Lipinski definition) is 1. The van der Waals surface area contributed by atoms with Crippen LogP contribution in [0.4, 0.5) is 17.3 Å². The van der Waals surface area contributed by atoms with E-state index in [0.717, 1.165) is 54.3 Å². The van der Waals surface area contributed by atoms with Gasteiger partial charge in [-0.3, -0.25) is 0 Å². The van der Waals surface area contributed by atoms with E-state index in [4.69, 9.17) is 11.0 Å². The Morgan fingerprint density at radius 3 is 2.41 bits per heavy atom. The third-order valence-electron chi connectivity index (χ3n) is 4.53. The highest BCUT2D eigenvalue weighted by Crippen LogP contribution is 2.35. The number of nitrogens with zero attached hydrogens (tertiary/aromatic N) is 5. The zero-order valence-corrected chi connectivity index (χ0v) is 12.4. The van der Waals surface area contributed by atoms with E-state index in [2.05, 4.69) is 26.1 Å². The lowest BCUT2D eigenvalue weighted by Gasteiger charge is -2.36. The predicted molar refractivity (Wildman–Crippen MR) is 86.7 cm³/mol. The van der Waals surface area contributed by atoms with Crippen LogP contribution < -0.4 is 15.5 Å². The van der Waals surface area contributed by atoms with E-state index in [0.29, 0.717) is 0 Å². The highest BCUT2D eigenvalue weighted by atomic mass is 15.3. The Balaban J connectivity index is 1.80. The second-order valence-corrected chi connectivity index (χ2v) is 6.08. The van der Waals surface area contributed by atoms with Crippen molar-refractivity contribution in [1.29, 1.82) is 5.26 Å². The first-order chi connectivity index (χ1) is 10.8. The van der Waals surface area contributed by atoms with Gasteiger partial charge in [0.1, 0.15) is 0 Å². The standard InChI is InChI=1S/C16H18N6/c17-8-11-9-22(10-11)16-14-7-12(18)3-4-13(14)15(19-20-16)21-5-1-2-6-21/h3-4,7,11H,1-2,5-6,9-10,18H2. The van der Waals surface area contributed by atoms with E-state index in [1.807, 2.05) is 18.2 Å². The van der Waals surface area contributed by atoms with Gasteiger partial charge in [0.2, 0.25) is 0 Å². The van der Waals surface area contributed by atoms with E-state index in [-0.39, 0.29) is 5.92 Å². The molecule has 4 rings (SSSR count). The van der Waals surface area contributed by atoms with Gasteiger partial charge in [-0.1, -0.05) is 0 Å². The van der Waals surface area contributed by atoms with Crippen molar-refractivity contribution in [3.63, 3.8) is 0 Å². The fourth-order valence-corrected chi connectivity index (χ4v) is 3.27. The molecule has 1 aromatic heterocycles. The number of fused-ring (bicyclic) bond motifs is 1. The summed E-state index contributed by atoms with van der Waals surface area (Å²) < 4.78 is 0. The molecule has 0 saturated carbocycles. The number of nitriles is 1. The van der Waals surface area contributed by atoms with Gasteiger partial charge in [-0.2, -0.15) is 5.26 Å². The van der Waals surface area contributed by atoms with Crippen LogP contribution >= 0.6 is 0 Å². The summed E-state index contributed by atoms with van der Waals surface area (Å²) in [6, 6.07) is 8.22. The second kappa shape index (κ2) is 5.02. The summed E-state index contributed by atoms with van der Waals surface area (Å²) in [6.45, 7) is 3.51. The Kier molecular flexibility index (Phi) is 3.00. The summed E-state index contributed by atoms with van der Waals surface area (Å²) in [5, 5.41) is 20.0. The van der Waals surface area contributed by atoms with Crippen LogP contribution in [0.5, 0.6) is 0 Å². The molecule has 2 aliphatic rings. The average Bonchev–Trinajstić information content (AvgIpc) is 3.00. The molecule has 0 atom stereocenters. The monoisotopic (exact) mass is 294 g/mol. The summed E-state index contributed by atoms with van der Waals surface area (Å²) in [5.41, 5.74) is 6.70. The van der Waals surface area contributed by atoms with Crippen molar-refractivity contribution in [3.8, 4) is 6.07 Å². The highest BCUT2D eigenvalue weighted by molar-refractivity contribution is 6.00. The van der Waals surface area contributed by atoms with Crippen LogP contribution in [0.3, 0.4) is 0 Å². The molecular formula is C16H18N6. The van der Waals surface area contributed by atoms with Crippen LogP contribution in [0.15, 0.2) is 18.2 Å². The molecule has 3 heterocycles. The van der Waals surface area contributed by atoms with E-state index in [1.165, 1.54) is 12.8 Å². The molecule has 0 unspecified atom stereocenters. The molecule has 2 fully saturated rings. The van der Waals surface area contributed by atoms with Gasteiger partial charge >= 0.3 is 0 Å². The first-order valence-corrected chi connectivity index (χ1v) is 7.71. The molecule has 0 amide bonds. The van der Waals surface area contributed by atoms with Crippen molar-refractivity contribution >= 4 is 28.1 Å². The Hall–Kier alpha value is -2.55. The molecule has 6 nitrogen and oxygen atoms in total. The fraction of sp³-hybridized carbons (Fsp3) is 0.438. The van der Waals surface area contributed by atoms with Gasteiger partial charge in [0, 0.05) is 42.6 Å². The van der Waals surface area contributed by atoms with Crippen LogP contribution in [-0.4, -0.2) is 36.4 Å². The van der Waals surface area contributed by atoms with Crippen molar-refractivity contribution in [2.75, 3.05) is 41.7 Å². The van der Waals surface area contributed by atoms with Gasteiger partial charge in [-0.05, 0) is 31.0 Å². The lowest BCUT2D eigenvalue weighted by Crippen LogP contribution is -2.46. The highest BCUT2D eigenvalue weighted by Gasteiger charge is 2.30. The first kappa shape index (κ1) is 13.1. The number of nitrogens with two attached hydrogens (primary N) is 1. The Morgan fingerprint density at radius 2 is 1.73 bits per heavy atom. The van der Waals surface area contributed by atoms with Gasteiger partial charge < -0.3 is 15.5 Å². The molecule has 1 aromatic carbocycles. The zero-order chi connectivity index (χ0) is 15.1. The van der Waals surface area contributed by atoms with Crippen molar-refractivity contribution in [1.82, 2.24) is 10.2 Å². The second-order valence-electron chi connectivity index (χ2n) is 6.08. The molecular weight excluding hydrogens is 276 g/mol. The van der Waals surface area contributed by atoms with Gasteiger partial charge in [0.25, 0.3) is 0 Å². The van der Waals surface area contributed by atoms with Crippen molar-refractivity contribution in [3.05, 3.63) is 18.2 Å². The third kappa shape index (κ3) is 2.01. The number of anilines is 3. The summed E-state index contributed by atoms with van der Waals surface area (Å²) in [4.78, 5) is 4.40. The van der Waals surface area contributed by atoms with E-state index in [9.17, 15) is 0 Å². The topological polar surface area (TPSA) is 82.1 Å². The minimum Gasteiger partial charge on any atom is -0.399 e. The summed E-state index contributed by atoms with van der Waals surface area (Å²) in [5.74, 6) is 1.89. The van der Waals surface area contributed by atoms with Gasteiger partial charge in [-0.25, -0.2) is 0 Å².